The van der Waals surface area contributed by atoms with Crippen LogP contribution in [0.15, 0.2) is 0 Å². The molecular weight excluding hydrogens is 1840 g/mol. The monoisotopic (exact) mass is 1850 g/mol. The Kier molecular flexibility index (Phi) is 577. The second-order valence-corrected chi connectivity index (χ2v) is 5.13. The van der Waals surface area contributed by atoms with Gasteiger partial charge in [0, 0.05) is 0 Å². The summed E-state index contributed by atoms with van der Waals surface area (Å²) in [4.78, 5) is 168. The summed E-state index contributed by atoms with van der Waals surface area (Å²) in [7, 11) is 0. The second kappa shape index (κ2) is 232. The van der Waals surface area contributed by atoms with Gasteiger partial charge >= 0.3 is 628 Å². The first kappa shape index (κ1) is 239. The minimum Gasteiger partial charge on any atom is -0.652 e. The molecule has 60 nitrogen and oxygen atoms in total. The molecule has 0 atom stereocenters. The molecule has 0 rings (SSSR count). The zero-order valence-corrected chi connectivity index (χ0v) is 81.5. The van der Waals surface area contributed by atoms with Gasteiger partial charge in [0.05, 0.1) is 0 Å². The molecule has 0 saturated heterocycles. The van der Waals surface area contributed by atoms with Crippen LogP contribution in [-0.4, -0.2) is 768 Å². The van der Waals surface area contributed by atoms with Crippen molar-refractivity contribution in [2.75, 3.05) is 0 Å². The van der Waals surface area contributed by atoms with Crippen LogP contribution >= 0.6 is 0 Å². The van der Waals surface area contributed by atoms with Crippen molar-refractivity contribution in [1.29, 1.82) is 0 Å². The summed E-state index contributed by atoms with van der Waals surface area (Å²) in [5.74, 6) is 0. The number of rotatable bonds is 0. The molecular formula is C20H8Ca16O60. The Labute approximate surface area is 1000 Å². The Bertz CT molecular complexity index is 1110. The number of hydrogen-bond acceptors (Lipinski definition) is 52. The first-order chi connectivity index (χ1) is 34.6. The van der Waals surface area contributed by atoms with Crippen LogP contribution in [0.2, 0.25) is 0 Å². The van der Waals surface area contributed by atoms with E-state index in [1.165, 1.54) is 0 Å². The molecule has 0 aliphatic carbocycles. The van der Waals surface area contributed by atoms with Gasteiger partial charge in [0.15, 0.2) is 0 Å². The van der Waals surface area contributed by atoms with Crippen LogP contribution in [0.25, 0.3) is 0 Å². The quantitative estimate of drug-likeness (QED) is 0.104. The van der Waals surface area contributed by atoms with Crippen LogP contribution in [0, 0.1) is 0 Å². The molecule has 0 radical (unpaired) electrons. The maximum Gasteiger partial charge on any atom is 2.00 e. The van der Waals surface area contributed by atoms with Crippen LogP contribution in [0.1, 0.15) is 0 Å². The average molecular weight is 1850 g/mol. The molecule has 96 heavy (non-hydrogen) atoms. The van der Waals surface area contributed by atoms with Crippen LogP contribution < -0.4 is 163 Å². The van der Waals surface area contributed by atoms with Gasteiger partial charge in [-0.1, -0.05) is 0 Å². The zero-order chi connectivity index (χ0) is 71.5. The van der Waals surface area contributed by atoms with Gasteiger partial charge in [-0.15, -0.1) is 0 Å². The molecule has 0 amide bonds. The Morgan fingerprint density at radius 1 is 0.104 bits per heavy atom. The van der Waals surface area contributed by atoms with Gasteiger partial charge in [0.1, 0.15) is 0 Å². The van der Waals surface area contributed by atoms with E-state index < -0.39 is 123 Å². The molecule has 0 spiro atoms. The summed E-state index contributed by atoms with van der Waals surface area (Å²) < 4.78 is 0. The molecule has 0 unspecified atom stereocenters. The molecule has 76 heteroatoms. The van der Waals surface area contributed by atoms with Crippen molar-refractivity contribution in [1.82, 2.24) is 0 Å². The fourth-order valence-corrected chi connectivity index (χ4v) is 0. The molecule has 0 fully saturated rings. The summed E-state index contributed by atoms with van der Waals surface area (Å²) in [5.41, 5.74) is 0. The molecule has 0 saturated carbocycles. The molecule has 8 N–H and O–H groups in total. The molecule has 480 valence electrons. The standard InChI is InChI=1S/20CH2O3.16Ca/c20*2-1(3)4;;;;;;;;;;;;;;;;/h20*(H2,2,3,4);;;;;;;;;;;;;;;;/q;;;;;;;;;;;;;;;;;;;;16*+2/p-32. The predicted octanol–water partition coefficient (Wildman–Crippen LogP) is -44.4. The molecule has 0 aromatic heterocycles. The van der Waals surface area contributed by atoms with E-state index in [4.69, 9.17) is 300 Å². The van der Waals surface area contributed by atoms with Crippen molar-refractivity contribution in [3.8, 4) is 0 Å². The average Bonchev–Trinajstić information content (AvgIpc) is 2.99. The van der Waals surface area contributed by atoms with Crippen molar-refractivity contribution >= 4 is 727 Å². The van der Waals surface area contributed by atoms with Gasteiger partial charge < -0.3 is 281 Å². The Morgan fingerprint density at radius 3 is 0.104 bits per heavy atom. The Morgan fingerprint density at radius 2 is 0.104 bits per heavy atom. The van der Waals surface area contributed by atoms with Gasteiger partial charge in [-0.05, 0) is 98.5 Å². The summed E-state index contributed by atoms with van der Waals surface area (Å²) in [6.45, 7) is 0. The first-order valence-corrected chi connectivity index (χ1v) is 12.4. The van der Waals surface area contributed by atoms with Crippen LogP contribution in [-0.2, 0) is 0 Å². The topological polar surface area (TPSA) is 1240 Å². The third kappa shape index (κ3) is 31300. The van der Waals surface area contributed by atoms with E-state index >= 15 is 0 Å². The molecule has 0 heterocycles. The van der Waals surface area contributed by atoms with Crippen molar-refractivity contribution in [3.63, 3.8) is 0 Å². The maximum atomic E-state index is 8.56. The van der Waals surface area contributed by atoms with E-state index in [1.807, 2.05) is 0 Å². The fraction of sp³-hybridized carbons (Fsp3) is 0. The van der Waals surface area contributed by atoms with Gasteiger partial charge in [-0.2, -0.15) is 0 Å². The fourth-order valence-electron chi connectivity index (χ4n) is 0. The number of carboxylic acid groups (broad SMARTS) is 40. The molecule has 0 aliphatic rings. The molecule has 0 bridgehead atoms. The number of carbonyl (C=O) groups excluding carboxylic acids is 16. The SMILES string of the molecule is O=C(O)O.O=C(O)O.O=C(O)O.O=C(O)O.O=C([O-])[O-].O=C([O-])[O-].O=C([O-])[O-].O=C([O-])[O-].O=C([O-])[O-].O=C([O-])[O-].O=C([O-])[O-].O=C([O-])[O-].O=C([O-])[O-].O=C([O-])[O-].O=C([O-])[O-].O=C([O-])[O-].O=C([O-])[O-].O=C([O-])[O-].O=C([O-])[O-].O=C([O-])[O-].[Ca+2].[Ca+2].[Ca+2].[Ca+2].[Ca+2].[Ca+2].[Ca+2].[Ca+2].[Ca+2].[Ca+2].[Ca+2].[Ca+2].[Ca+2].[Ca+2].[Ca+2].[Ca+2]. The number of hydrogen-bond donors (Lipinski definition) is 8. The van der Waals surface area contributed by atoms with Gasteiger partial charge in [0.25, 0.3) is 0 Å². The largest absolute Gasteiger partial charge is 2.00 e. The maximum absolute atomic E-state index is 8.56. The predicted molar refractivity (Wildman–Crippen MR) is 221 cm³/mol. The molecule has 0 aromatic rings. The Balaban J connectivity index is -0.0000000115. The van der Waals surface area contributed by atoms with Crippen LogP contribution in [0.3, 0.4) is 0 Å². The van der Waals surface area contributed by atoms with Crippen molar-refractivity contribution in [2.24, 2.45) is 0 Å². The van der Waals surface area contributed by atoms with E-state index in [9.17, 15) is 0 Å². The minimum atomic E-state index is -2.33. The van der Waals surface area contributed by atoms with Crippen LogP contribution in [0.5, 0.6) is 0 Å². The van der Waals surface area contributed by atoms with Crippen LogP contribution in [0.4, 0.5) is 95.9 Å². The van der Waals surface area contributed by atoms with Gasteiger partial charge in [-0.3, -0.25) is 0 Å². The second-order valence-electron chi connectivity index (χ2n) is 5.13. The molecule has 0 aliphatic heterocycles. The third-order valence-electron chi connectivity index (χ3n) is 0. The summed E-state index contributed by atoms with van der Waals surface area (Å²) in [6, 6.07) is 0. The van der Waals surface area contributed by atoms with E-state index in [1.54, 1.807) is 0 Å². The van der Waals surface area contributed by atoms with Gasteiger partial charge in [0.2, 0.25) is 0 Å². The summed E-state index contributed by atoms with van der Waals surface area (Å²) >= 11 is 0. The smallest absolute Gasteiger partial charge is 0.652 e. The van der Waals surface area contributed by atoms with E-state index in [-0.39, 0.29) is 604 Å². The summed E-state index contributed by atoms with van der Waals surface area (Å²) in [6.07, 6.45) is -44.7. The summed E-state index contributed by atoms with van der Waals surface area (Å²) in [5, 5.41) is 322. The Hall–Kier alpha value is 5.56. The zero-order valence-electron chi connectivity index (χ0n) is 46.1. The van der Waals surface area contributed by atoms with Crippen molar-refractivity contribution in [3.05, 3.63) is 0 Å². The van der Waals surface area contributed by atoms with E-state index in [0.29, 0.717) is 0 Å². The molecule has 0 aromatic carbocycles. The van der Waals surface area contributed by atoms with E-state index in [0.717, 1.165) is 0 Å². The third-order valence-corrected chi connectivity index (χ3v) is 0. The normalized spacial score (nSPS) is 5.00. The minimum absolute atomic E-state index is 0. The van der Waals surface area contributed by atoms with Crippen molar-refractivity contribution in [2.45, 2.75) is 0 Å². The first-order valence-electron chi connectivity index (χ1n) is 12.4. The number of carbonyl (C=O) groups is 20. The van der Waals surface area contributed by atoms with Crippen molar-refractivity contribution < 1.29 is 300 Å². The van der Waals surface area contributed by atoms with Gasteiger partial charge in [-0.25, -0.2) is 19.2 Å². The van der Waals surface area contributed by atoms with E-state index in [2.05, 4.69) is 0 Å².